The largest absolute Gasteiger partial charge is 0.309 e. The van der Waals surface area contributed by atoms with E-state index in [4.69, 9.17) is 21.6 Å². The van der Waals surface area contributed by atoms with E-state index in [2.05, 4.69) is 173 Å². The van der Waals surface area contributed by atoms with Crippen molar-refractivity contribution in [2.45, 2.75) is 0 Å². The van der Waals surface area contributed by atoms with Crippen molar-refractivity contribution in [2.75, 3.05) is 0 Å². The minimum Gasteiger partial charge on any atom is -0.309 e. The van der Waals surface area contributed by atoms with Crippen LogP contribution in [0.25, 0.3) is 117 Å². The fraction of sp³-hybridized carbons (Fsp3) is 0. The van der Waals surface area contributed by atoms with Crippen molar-refractivity contribution in [2.24, 2.45) is 0 Å². The molecule has 0 N–H and O–H groups in total. The van der Waals surface area contributed by atoms with Crippen LogP contribution < -0.4 is 0 Å². The molecular formula is C50H27ClN4S2. The molecule has 0 bridgehead atoms. The molecular weight excluding hydrogens is 756 g/mol. The van der Waals surface area contributed by atoms with Crippen LogP contribution >= 0.6 is 34.3 Å². The molecule has 7 heteroatoms. The Morgan fingerprint density at radius 2 is 0.982 bits per heavy atom. The number of benzene rings is 8. The summed E-state index contributed by atoms with van der Waals surface area (Å²) in [7, 11) is 0. The Balaban J connectivity index is 1.17. The normalized spacial score (nSPS) is 12.3. The monoisotopic (exact) mass is 782 g/mol. The second-order valence-corrected chi connectivity index (χ2v) is 17.1. The standard InChI is InChI=1S/C50H27ClN4S2/c51-50-52-45-35-18-8-11-21-42(35)57-48(45)49(53-50)55-40-25-23-29(28-22-24-39-36(26-28)31-14-6-9-19-38(31)54(39)30-12-2-1-3-13-30)27-37(40)43-32-15-4-5-16-33(32)44-34-17-7-10-20-41(34)56-47(44)46(43)55/h1-27H. The van der Waals surface area contributed by atoms with Crippen LogP contribution in [0.2, 0.25) is 5.28 Å². The van der Waals surface area contributed by atoms with Crippen molar-refractivity contribution >= 4 is 129 Å². The van der Waals surface area contributed by atoms with E-state index in [0.717, 1.165) is 48.4 Å². The van der Waals surface area contributed by atoms with Crippen LogP contribution in [0, 0.1) is 0 Å². The average molecular weight is 783 g/mol. The maximum absolute atomic E-state index is 6.88. The molecule has 0 saturated carbocycles. The van der Waals surface area contributed by atoms with Gasteiger partial charge < -0.3 is 4.57 Å². The molecule has 0 aliphatic rings. The molecule has 0 spiro atoms. The van der Waals surface area contributed by atoms with Gasteiger partial charge in [-0.05, 0) is 88.1 Å². The van der Waals surface area contributed by atoms with E-state index >= 15 is 0 Å². The van der Waals surface area contributed by atoms with Gasteiger partial charge in [-0.2, -0.15) is 4.98 Å². The lowest BCUT2D eigenvalue weighted by molar-refractivity contribution is 1.08. The first-order valence-corrected chi connectivity index (χ1v) is 20.9. The molecule has 4 nitrogen and oxygen atoms in total. The summed E-state index contributed by atoms with van der Waals surface area (Å²) in [5.41, 5.74) is 8.99. The van der Waals surface area contributed by atoms with Crippen LogP contribution in [-0.2, 0) is 0 Å². The van der Waals surface area contributed by atoms with Gasteiger partial charge in [0.1, 0.15) is 0 Å². The number of aromatic nitrogens is 4. The Labute approximate surface area is 338 Å². The fourth-order valence-electron chi connectivity index (χ4n) is 9.29. The molecule has 0 atom stereocenters. The molecule has 0 saturated heterocycles. The summed E-state index contributed by atoms with van der Waals surface area (Å²) in [4.78, 5) is 9.90. The summed E-state index contributed by atoms with van der Waals surface area (Å²) in [6, 6.07) is 59.3. The molecule has 5 aromatic heterocycles. The highest BCUT2D eigenvalue weighted by Crippen LogP contribution is 2.49. The molecule has 13 aromatic rings. The summed E-state index contributed by atoms with van der Waals surface area (Å²) in [6.07, 6.45) is 0. The van der Waals surface area contributed by atoms with Crippen molar-refractivity contribution in [3.05, 3.63) is 169 Å². The number of para-hydroxylation sites is 2. The SMILES string of the molecule is Clc1nc(-n2c3ccc(-c4ccc5c(c4)c4ccccc4n5-c4ccccc4)cc3c3c4ccccc4c4c5ccccc5sc4c32)c2sc3ccccc3c2n1. The molecule has 0 radical (unpaired) electrons. The lowest BCUT2D eigenvalue weighted by Gasteiger charge is -2.11. The van der Waals surface area contributed by atoms with Crippen molar-refractivity contribution in [1.29, 1.82) is 0 Å². The van der Waals surface area contributed by atoms with Crippen LogP contribution in [0.1, 0.15) is 0 Å². The van der Waals surface area contributed by atoms with Gasteiger partial charge in [-0.1, -0.05) is 109 Å². The number of hydrogen-bond donors (Lipinski definition) is 0. The third kappa shape index (κ3) is 4.37. The summed E-state index contributed by atoms with van der Waals surface area (Å²) in [6.45, 7) is 0. The van der Waals surface area contributed by atoms with Gasteiger partial charge >= 0.3 is 0 Å². The van der Waals surface area contributed by atoms with Gasteiger partial charge in [0.25, 0.3) is 0 Å². The van der Waals surface area contributed by atoms with Crippen molar-refractivity contribution in [3.63, 3.8) is 0 Å². The molecule has 266 valence electrons. The van der Waals surface area contributed by atoms with E-state index in [1.165, 1.54) is 69.1 Å². The number of hydrogen-bond acceptors (Lipinski definition) is 4. The van der Waals surface area contributed by atoms with Gasteiger partial charge in [0, 0.05) is 52.8 Å². The topological polar surface area (TPSA) is 35.6 Å². The first-order valence-electron chi connectivity index (χ1n) is 18.9. The highest BCUT2D eigenvalue weighted by atomic mass is 35.5. The quantitative estimate of drug-likeness (QED) is 0.167. The first-order chi connectivity index (χ1) is 28.2. The zero-order chi connectivity index (χ0) is 37.4. The minimum atomic E-state index is 0.240. The van der Waals surface area contributed by atoms with Gasteiger partial charge in [-0.3, -0.25) is 4.57 Å². The Morgan fingerprint density at radius 1 is 0.421 bits per heavy atom. The highest BCUT2D eigenvalue weighted by Gasteiger charge is 2.25. The molecule has 5 heterocycles. The zero-order valence-electron chi connectivity index (χ0n) is 30.1. The lowest BCUT2D eigenvalue weighted by Crippen LogP contribution is -2.00. The predicted octanol–water partition coefficient (Wildman–Crippen LogP) is 14.9. The van der Waals surface area contributed by atoms with Gasteiger partial charge in [-0.25, -0.2) is 4.98 Å². The maximum Gasteiger partial charge on any atom is 0.225 e. The van der Waals surface area contributed by atoms with Gasteiger partial charge in [0.15, 0.2) is 5.82 Å². The number of nitrogens with zero attached hydrogens (tertiary/aromatic N) is 4. The molecule has 0 unspecified atom stereocenters. The van der Waals surface area contributed by atoms with Gasteiger partial charge in [-0.15, -0.1) is 22.7 Å². The number of thiophene rings is 2. The zero-order valence-corrected chi connectivity index (χ0v) is 32.5. The Kier molecular flexibility index (Phi) is 6.50. The van der Waals surface area contributed by atoms with Gasteiger partial charge in [0.05, 0.1) is 37.0 Å². The fourth-order valence-corrected chi connectivity index (χ4v) is 11.8. The van der Waals surface area contributed by atoms with Crippen LogP contribution in [0.4, 0.5) is 0 Å². The molecule has 0 amide bonds. The maximum atomic E-state index is 6.88. The highest BCUT2D eigenvalue weighted by molar-refractivity contribution is 7.27. The van der Waals surface area contributed by atoms with Crippen molar-refractivity contribution < 1.29 is 0 Å². The number of fused-ring (bicyclic) bond motifs is 16. The van der Waals surface area contributed by atoms with Crippen LogP contribution in [0.5, 0.6) is 0 Å². The third-order valence-electron chi connectivity index (χ3n) is 11.7. The molecule has 0 aliphatic carbocycles. The molecule has 13 rings (SSSR count). The second kappa shape index (κ2) is 11.7. The summed E-state index contributed by atoms with van der Waals surface area (Å²) in [5.74, 6) is 0.808. The second-order valence-electron chi connectivity index (χ2n) is 14.7. The van der Waals surface area contributed by atoms with Gasteiger partial charge in [0.2, 0.25) is 5.28 Å². The van der Waals surface area contributed by atoms with E-state index in [-0.39, 0.29) is 5.28 Å². The summed E-state index contributed by atoms with van der Waals surface area (Å²) in [5, 5.41) is 11.2. The van der Waals surface area contributed by atoms with E-state index in [9.17, 15) is 0 Å². The Hall–Kier alpha value is -6.57. The van der Waals surface area contributed by atoms with E-state index in [1.807, 2.05) is 11.3 Å². The van der Waals surface area contributed by atoms with Crippen LogP contribution in [0.3, 0.4) is 0 Å². The molecule has 0 fully saturated rings. The first kappa shape index (κ1) is 31.6. The van der Waals surface area contributed by atoms with E-state index < -0.39 is 0 Å². The average Bonchev–Trinajstić information content (AvgIpc) is 4.01. The van der Waals surface area contributed by atoms with Crippen molar-refractivity contribution in [1.82, 2.24) is 19.1 Å². The van der Waals surface area contributed by atoms with E-state index in [1.54, 1.807) is 11.3 Å². The minimum absolute atomic E-state index is 0.240. The smallest absolute Gasteiger partial charge is 0.225 e. The van der Waals surface area contributed by atoms with Crippen LogP contribution in [0.15, 0.2) is 164 Å². The predicted molar refractivity (Wildman–Crippen MR) is 244 cm³/mol. The van der Waals surface area contributed by atoms with E-state index in [0.29, 0.717) is 0 Å². The summed E-state index contributed by atoms with van der Waals surface area (Å²) < 4.78 is 9.43. The Bertz CT molecular complexity index is 3830. The third-order valence-corrected chi connectivity index (χ3v) is 14.2. The number of rotatable bonds is 3. The number of halogens is 1. The van der Waals surface area contributed by atoms with Crippen LogP contribution in [-0.4, -0.2) is 19.1 Å². The Morgan fingerprint density at radius 3 is 1.75 bits per heavy atom. The summed E-state index contributed by atoms with van der Waals surface area (Å²) >= 11 is 10.5. The molecule has 0 aliphatic heterocycles. The van der Waals surface area contributed by atoms with Crippen molar-refractivity contribution in [3.8, 4) is 22.6 Å². The lowest BCUT2D eigenvalue weighted by atomic mass is 9.97. The molecule has 57 heavy (non-hydrogen) atoms. The molecule has 8 aromatic carbocycles.